The molecule has 168 valence electrons. The Morgan fingerprint density at radius 2 is 1.84 bits per heavy atom. The van der Waals surface area contributed by atoms with Gasteiger partial charge in [0.25, 0.3) is 10.0 Å². The number of carboxylic acid groups (broad SMARTS) is 1. The first kappa shape index (κ1) is 22.3. The van der Waals surface area contributed by atoms with Crippen molar-refractivity contribution in [1.29, 1.82) is 0 Å². The molecule has 1 aliphatic rings. The van der Waals surface area contributed by atoms with Crippen LogP contribution in [0.15, 0.2) is 52.9 Å². The van der Waals surface area contributed by atoms with E-state index in [0.29, 0.717) is 10.9 Å². The van der Waals surface area contributed by atoms with Crippen LogP contribution in [0.3, 0.4) is 0 Å². The number of rotatable bonds is 7. The van der Waals surface area contributed by atoms with Gasteiger partial charge in [-0.3, -0.25) is 4.72 Å². The van der Waals surface area contributed by atoms with E-state index in [4.69, 9.17) is 9.84 Å². The van der Waals surface area contributed by atoms with Gasteiger partial charge in [-0.25, -0.2) is 9.78 Å². The lowest BCUT2D eigenvalue weighted by Crippen LogP contribution is -2.14. The van der Waals surface area contributed by atoms with E-state index in [0.717, 1.165) is 5.56 Å². The molecule has 2 N–H and O–H groups in total. The van der Waals surface area contributed by atoms with Crippen LogP contribution >= 0.6 is 11.3 Å². The van der Waals surface area contributed by atoms with E-state index in [1.807, 2.05) is 12.1 Å². The molecule has 4 rings (SSSR count). The molecule has 0 atom stereocenters. The van der Waals surface area contributed by atoms with Gasteiger partial charge in [-0.15, -0.1) is 11.3 Å². The second kappa shape index (κ2) is 9.30. The van der Waals surface area contributed by atoms with E-state index in [2.05, 4.69) is 21.8 Å². The summed E-state index contributed by atoms with van der Waals surface area (Å²) >= 11 is 1.26. The number of carbonyl (C=O) groups is 1. The van der Waals surface area contributed by atoms with Crippen molar-refractivity contribution in [1.82, 2.24) is 4.98 Å². The summed E-state index contributed by atoms with van der Waals surface area (Å²) in [5, 5.41) is 11.1. The Kier molecular flexibility index (Phi) is 6.48. The second-order valence-electron chi connectivity index (χ2n) is 7.77. The second-order valence-corrected chi connectivity index (χ2v) is 10.3. The van der Waals surface area contributed by atoms with Crippen LogP contribution in [0.1, 0.15) is 53.9 Å². The van der Waals surface area contributed by atoms with Gasteiger partial charge in [0.05, 0.1) is 18.4 Å². The Hall–Kier alpha value is -2.91. The number of nitrogens with zero attached hydrogens (tertiary/aromatic N) is 1. The molecule has 0 bridgehead atoms. The van der Waals surface area contributed by atoms with Crippen LogP contribution in [0.5, 0.6) is 5.75 Å². The van der Waals surface area contributed by atoms with Crippen LogP contribution in [0, 0.1) is 0 Å². The fraction of sp³-hybridized carbons (Fsp3) is 0.304. The summed E-state index contributed by atoms with van der Waals surface area (Å²) in [7, 11) is -2.63. The van der Waals surface area contributed by atoms with Gasteiger partial charge in [-0.05, 0) is 42.5 Å². The Balaban J connectivity index is 1.53. The zero-order valence-corrected chi connectivity index (χ0v) is 19.2. The van der Waals surface area contributed by atoms with Crippen molar-refractivity contribution >= 4 is 33.0 Å². The number of nitrogens with one attached hydrogen (secondary N) is 1. The number of aromatic nitrogens is 1. The third-order valence-electron chi connectivity index (χ3n) is 5.69. The number of hydrogen-bond acceptors (Lipinski definition) is 6. The van der Waals surface area contributed by atoms with Crippen molar-refractivity contribution < 1.29 is 23.1 Å². The summed E-state index contributed by atoms with van der Waals surface area (Å²) in [6.45, 7) is 0. The Labute approximate surface area is 191 Å². The number of methoxy groups -OCH3 is 1. The van der Waals surface area contributed by atoms with Crippen LogP contribution in [0.2, 0.25) is 0 Å². The number of benzene rings is 2. The van der Waals surface area contributed by atoms with Crippen molar-refractivity contribution in [2.24, 2.45) is 0 Å². The maximum atomic E-state index is 12.9. The minimum Gasteiger partial charge on any atom is -0.495 e. The molecule has 0 aliphatic heterocycles. The zero-order valence-electron chi connectivity index (χ0n) is 17.6. The third-order valence-corrected chi connectivity index (χ3v) is 7.97. The highest BCUT2D eigenvalue weighted by Gasteiger charge is 2.22. The summed E-state index contributed by atoms with van der Waals surface area (Å²) in [6.07, 6.45) is 6.31. The van der Waals surface area contributed by atoms with E-state index in [1.54, 1.807) is 0 Å². The smallest absolute Gasteiger partial charge is 0.335 e. The van der Waals surface area contributed by atoms with Gasteiger partial charge in [0.1, 0.15) is 10.8 Å². The van der Waals surface area contributed by atoms with E-state index >= 15 is 0 Å². The fourth-order valence-corrected chi connectivity index (χ4v) is 6.13. The molecule has 32 heavy (non-hydrogen) atoms. The first-order valence-corrected chi connectivity index (χ1v) is 12.7. The highest BCUT2D eigenvalue weighted by atomic mass is 32.2. The van der Waals surface area contributed by atoms with Crippen molar-refractivity contribution in [3.63, 3.8) is 0 Å². The highest BCUT2D eigenvalue weighted by molar-refractivity contribution is 7.92. The molecule has 0 radical (unpaired) electrons. The molecule has 1 saturated carbocycles. The summed E-state index contributed by atoms with van der Waals surface area (Å²) in [4.78, 5) is 15.5. The molecule has 1 aliphatic carbocycles. The number of anilines is 1. The summed E-state index contributed by atoms with van der Waals surface area (Å²) in [5.41, 5.74) is 2.34. The quantitative estimate of drug-likeness (QED) is 0.479. The van der Waals surface area contributed by atoms with Crippen LogP contribution in [0.4, 0.5) is 5.69 Å². The average molecular weight is 473 g/mol. The van der Waals surface area contributed by atoms with Gasteiger partial charge in [-0.2, -0.15) is 8.42 Å². The number of hydrogen-bond donors (Lipinski definition) is 2. The molecule has 2 aromatic carbocycles. The predicted molar refractivity (Wildman–Crippen MR) is 124 cm³/mol. The monoisotopic (exact) mass is 472 g/mol. The topological polar surface area (TPSA) is 106 Å². The molecule has 3 aromatic rings. The van der Waals surface area contributed by atoms with Crippen molar-refractivity contribution in [3.8, 4) is 16.3 Å². The molecule has 0 unspecified atom stereocenters. The van der Waals surface area contributed by atoms with E-state index in [9.17, 15) is 13.2 Å². The van der Waals surface area contributed by atoms with Crippen molar-refractivity contribution in [2.75, 3.05) is 11.8 Å². The molecule has 7 nitrogen and oxygen atoms in total. The Morgan fingerprint density at radius 1 is 1.12 bits per heavy atom. The van der Waals surface area contributed by atoms with Gasteiger partial charge in [0.2, 0.25) is 0 Å². The molecule has 9 heteroatoms. The molecule has 0 amide bonds. The van der Waals surface area contributed by atoms with Gasteiger partial charge in [0, 0.05) is 10.9 Å². The lowest BCUT2D eigenvalue weighted by molar-refractivity contribution is 0.0696. The fourth-order valence-electron chi connectivity index (χ4n) is 3.95. The molecular weight excluding hydrogens is 448 g/mol. The molecule has 1 aromatic heterocycles. The third kappa shape index (κ3) is 4.78. The Morgan fingerprint density at radius 3 is 2.50 bits per heavy atom. The number of carboxylic acids is 1. The summed E-state index contributed by atoms with van der Waals surface area (Å²) in [6, 6.07) is 12.2. The Bertz CT molecular complexity index is 1210. The van der Waals surface area contributed by atoms with Crippen LogP contribution in [0.25, 0.3) is 10.6 Å². The highest BCUT2D eigenvalue weighted by Crippen LogP contribution is 2.35. The van der Waals surface area contributed by atoms with E-state index < -0.39 is 16.0 Å². The number of sulfonamides is 1. The normalized spacial score (nSPS) is 14.8. The number of ether oxygens (including phenoxy) is 1. The van der Waals surface area contributed by atoms with Gasteiger partial charge in [-0.1, -0.05) is 43.5 Å². The van der Waals surface area contributed by atoms with Gasteiger partial charge >= 0.3 is 5.97 Å². The summed E-state index contributed by atoms with van der Waals surface area (Å²) < 4.78 is 33.3. The zero-order chi connectivity index (χ0) is 22.7. The summed E-state index contributed by atoms with van der Waals surface area (Å²) in [5.74, 6) is -0.407. The molecule has 0 spiro atoms. The molecular formula is C23H24N2O5S2. The maximum absolute atomic E-state index is 12.9. The van der Waals surface area contributed by atoms with Gasteiger partial charge < -0.3 is 9.84 Å². The largest absolute Gasteiger partial charge is 0.495 e. The van der Waals surface area contributed by atoms with Gasteiger partial charge in [0.15, 0.2) is 5.03 Å². The molecule has 1 fully saturated rings. The minimum atomic E-state index is -3.97. The first-order chi connectivity index (χ1) is 15.4. The van der Waals surface area contributed by atoms with E-state index in [1.165, 1.54) is 79.7 Å². The van der Waals surface area contributed by atoms with Crippen molar-refractivity contribution in [3.05, 3.63) is 59.0 Å². The lowest BCUT2D eigenvalue weighted by atomic mass is 9.84. The lowest BCUT2D eigenvalue weighted by Gasteiger charge is -2.21. The molecule has 0 saturated heterocycles. The standard InChI is InChI=1S/C23H24N2O5S2/c1-30-20-13-18(23(26)27)11-12-19(20)25-32(28,29)21-14-31-22(24-21)17-9-7-16(8-10-17)15-5-3-2-4-6-15/h7-15,25H,2-6H2,1H3,(H,26,27). The van der Waals surface area contributed by atoms with Crippen molar-refractivity contribution in [2.45, 2.75) is 43.0 Å². The predicted octanol–water partition coefficient (Wildman–Crippen LogP) is 5.37. The SMILES string of the molecule is COc1cc(C(=O)O)ccc1NS(=O)(=O)c1csc(-c2ccc(C3CCCCC3)cc2)n1. The van der Waals surface area contributed by atoms with E-state index in [-0.39, 0.29) is 22.0 Å². The average Bonchev–Trinajstić information content (AvgIpc) is 3.31. The van der Waals surface area contributed by atoms with Crippen LogP contribution in [-0.4, -0.2) is 31.6 Å². The number of thiazole rings is 1. The first-order valence-electron chi connectivity index (χ1n) is 10.4. The van der Waals surface area contributed by atoms with Crippen LogP contribution < -0.4 is 9.46 Å². The minimum absolute atomic E-state index is 0.00239. The molecule has 1 heterocycles. The van der Waals surface area contributed by atoms with Crippen LogP contribution in [-0.2, 0) is 10.0 Å². The number of aromatic carboxylic acids is 1. The maximum Gasteiger partial charge on any atom is 0.335 e.